The van der Waals surface area contributed by atoms with Gasteiger partial charge in [-0.1, -0.05) is 48.9 Å². The van der Waals surface area contributed by atoms with E-state index in [9.17, 15) is 0 Å². The molecule has 0 spiro atoms. The van der Waals surface area contributed by atoms with E-state index in [-0.39, 0.29) is 0 Å². The van der Waals surface area contributed by atoms with Crippen LogP contribution in [-0.4, -0.2) is 6.10 Å². The Morgan fingerprint density at radius 1 is 0.750 bits per heavy atom. The van der Waals surface area contributed by atoms with Crippen LogP contribution in [0, 0.1) is 0 Å². The van der Waals surface area contributed by atoms with Crippen LogP contribution in [0.15, 0.2) is 54.6 Å². The first-order valence-corrected chi connectivity index (χ1v) is 7.70. The number of benzene rings is 2. The van der Waals surface area contributed by atoms with Gasteiger partial charge in [0.05, 0.1) is 6.10 Å². The Labute approximate surface area is 121 Å². The second-order valence-electron chi connectivity index (χ2n) is 5.68. The summed E-state index contributed by atoms with van der Waals surface area (Å²) in [6.45, 7) is 0. The molecule has 2 aromatic carbocycles. The fraction of sp³-hybridized carbons (Fsp3) is 0.368. The normalized spacial score (nSPS) is 16.0. The van der Waals surface area contributed by atoms with Crippen LogP contribution in [0.25, 0.3) is 0 Å². The maximum atomic E-state index is 6.06. The van der Waals surface area contributed by atoms with E-state index in [4.69, 9.17) is 4.74 Å². The van der Waals surface area contributed by atoms with Crippen LogP contribution >= 0.6 is 0 Å². The molecule has 0 unspecified atom stereocenters. The van der Waals surface area contributed by atoms with Gasteiger partial charge in [-0.2, -0.15) is 0 Å². The number of ether oxygens (including phenoxy) is 1. The molecule has 3 rings (SSSR count). The minimum Gasteiger partial charge on any atom is -0.490 e. The molecule has 0 atom stereocenters. The van der Waals surface area contributed by atoms with Crippen molar-refractivity contribution in [2.45, 2.75) is 44.6 Å². The molecule has 0 saturated heterocycles. The summed E-state index contributed by atoms with van der Waals surface area (Å²) >= 11 is 0. The predicted octanol–water partition coefficient (Wildman–Crippen LogP) is 4.99. The van der Waals surface area contributed by atoms with Gasteiger partial charge in [0.1, 0.15) is 5.75 Å². The van der Waals surface area contributed by atoms with Gasteiger partial charge in [-0.3, -0.25) is 0 Å². The van der Waals surface area contributed by atoms with Crippen molar-refractivity contribution >= 4 is 0 Å². The summed E-state index contributed by atoms with van der Waals surface area (Å²) in [5, 5.41) is 0. The van der Waals surface area contributed by atoms with Crippen LogP contribution in [0.1, 0.15) is 43.2 Å². The molecule has 1 saturated carbocycles. The minimum absolute atomic E-state index is 0.434. The average molecular weight is 266 g/mol. The largest absolute Gasteiger partial charge is 0.490 e. The lowest BCUT2D eigenvalue weighted by Crippen LogP contribution is -2.19. The maximum Gasteiger partial charge on any atom is 0.119 e. The van der Waals surface area contributed by atoms with E-state index >= 15 is 0 Å². The van der Waals surface area contributed by atoms with E-state index in [0.29, 0.717) is 6.10 Å². The Morgan fingerprint density at radius 3 is 2.10 bits per heavy atom. The molecule has 0 aromatic heterocycles. The smallest absolute Gasteiger partial charge is 0.119 e. The molecule has 1 heteroatoms. The van der Waals surface area contributed by atoms with Gasteiger partial charge in [0, 0.05) is 0 Å². The highest BCUT2D eigenvalue weighted by Crippen LogP contribution is 2.24. The Bertz CT molecular complexity index is 509. The van der Waals surface area contributed by atoms with E-state index in [1.54, 1.807) is 0 Å². The quantitative estimate of drug-likeness (QED) is 0.757. The average Bonchev–Trinajstić information content (AvgIpc) is 2.51. The summed E-state index contributed by atoms with van der Waals surface area (Å²) in [4.78, 5) is 0. The fourth-order valence-electron chi connectivity index (χ4n) is 2.89. The van der Waals surface area contributed by atoms with Crippen LogP contribution in [0.5, 0.6) is 5.75 Å². The van der Waals surface area contributed by atoms with Crippen molar-refractivity contribution in [3.8, 4) is 5.75 Å². The highest BCUT2D eigenvalue weighted by atomic mass is 16.5. The lowest BCUT2D eigenvalue weighted by molar-refractivity contribution is 0.155. The molecular weight excluding hydrogens is 244 g/mol. The lowest BCUT2D eigenvalue weighted by atomic mass is 9.98. The van der Waals surface area contributed by atoms with E-state index in [1.807, 2.05) is 0 Å². The predicted molar refractivity (Wildman–Crippen MR) is 83.2 cm³/mol. The zero-order valence-electron chi connectivity index (χ0n) is 11.9. The minimum atomic E-state index is 0.434. The first-order valence-electron chi connectivity index (χ1n) is 7.70. The molecule has 0 heterocycles. The van der Waals surface area contributed by atoms with Gasteiger partial charge >= 0.3 is 0 Å². The molecule has 1 aliphatic carbocycles. The van der Waals surface area contributed by atoms with Crippen LogP contribution in [0.3, 0.4) is 0 Å². The third kappa shape index (κ3) is 3.63. The Balaban J connectivity index is 1.59. The maximum absolute atomic E-state index is 6.06. The number of hydrogen-bond acceptors (Lipinski definition) is 1. The van der Waals surface area contributed by atoms with E-state index < -0.39 is 0 Å². The molecule has 20 heavy (non-hydrogen) atoms. The second-order valence-corrected chi connectivity index (χ2v) is 5.68. The van der Waals surface area contributed by atoms with Crippen molar-refractivity contribution in [3.63, 3.8) is 0 Å². The first kappa shape index (κ1) is 13.2. The first-order chi connectivity index (χ1) is 9.90. The Kier molecular flexibility index (Phi) is 4.37. The molecule has 0 bridgehead atoms. The summed E-state index contributed by atoms with van der Waals surface area (Å²) in [5.41, 5.74) is 2.70. The van der Waals surface area contributed by atoms with Crippen molar-refractivity contribution in [1.82, 2.24) is 0 Å². The monoisotopic (exact) mass is 266 g/mol. The van der Waals surface area contributed by atoms with Crippen molar-refractivity contribution in [2.75, 3.05) is 0 Å². The van der Waals surface area contributed by atoms with Gasteiger partial charge < -0.3 is 4.74 Å². The van der Waals surface area contributed by atoms with E-state index in [2.05, 4.69) is 54.6 Å². The summed E-state index contributed by atoms with van der Waals surface area (Å²) in [5.74, 6) is 1.02. The van der Waals surface area contributed by atoms with Gasteiger partial charge in [-0.05, 0) is 55.4 Å². The zero-order valence-corrected chi connectivity index (χ0v) is 11.9. The highest BCUT2D eigenvalue weighted by Gasteiger charge is 2.14. The second kappa shape index (κ2) is 6.60. The molecule has 0 N–H and O–H groups in total. The van der Waals surface area contributed by atoms with Gasteiger partial charge in [-0.25, -0.2) is 0 Å². The van der Waals surface area contributed by atoms with Crippen molar-refractivity contribution in [1.29, 1.82) is 0 Å². The SMILES string of the molecule is c1ccc(Cc2ccc(OC3CCCCC3)cc2)cc1. The topological polar surface area (TPSA) is 9.23 Å². The Hall–Kier alpha value is -1.76. The summed E-state index contributed by atoms with van der Waals surface area (Å²) in [6.07, 6.45) is 7.86. The molecule has 0 amide bonds. The lowest BCUT2D eigenvalue weighted by Gasteiger charge is -2.23. The number of rotatable bonds is 4. The standard InChI is InChI=1S/C19H22O/c1-3-7-16(8-4-1)15-17-11-13-19(14-12-17)20-18-9-5-2-6-10-18/h1,3-4,7-8,11-14,18H,2,5-6,9-10,15H2. The molecule has 2 aromatic rings. The van der Waals surface area contributed by atoms with E-state index in [0.717, 1.165) is 12.2 Å². The van der Waals surface area contributed by atoms with Gasteiger partial charge in [0.15, 0.2) is 0 Å². The molecule has 104 valence electrons. The molecule has 1 aliphatic rings. The van der Waals surface area contributed by atoms with Crippen molar-refractivity contribution in [3.05, 3.63) is 65.7 Å². The van der Waals surface area contributed by atoms with Crippen molar-refractivity contribution in [2.24, 2.45) is 0 Å². The van der Waals surface area contributed by atoms with Gasteiger partial charge in [0.2, 0.25) is 0 Å². The van der Waals surface area contributed by atoms with Crippen LogP contribution < -0.4 is 4.74 Å². The fourth-order valence-corrected chi connectivity index (χ4v) is 2.89. The van der Waals surface area contributed by atoms with Crippen LogP contribution in [-0.2, 0) is 6.42 Å². The summed E-state index contributed by atoms with van der Waals surface area (Å²) in [7, 11) is 0. The highest BCUT2D eigenvalue weighted by molar-refractivity contribution is 5.31. The third-order valence-corrected chi connectivity index (χ3v) is 4.03. The van der Waals surface area contributed by atoms with Crippen LogP contribution in [0.4, 0.5) is 0 Å². The van der Waals surface area contributed by atoms with Gasteiger partial charge in [-0.15, -0.1) is 0 Å². The molecule has 1 fully saturated rings. The summed E-state index contributed by atoms with van der Waals surface area (Å²) < 4.78 is 6.06. The number of hydrogen-bond donors (Lipinski definition) is 0. The van der Waals surface area contributed by atoms with Gasteiger partial charge in [0.25, 0.3) is 0 Å². The molecule has 1 nitrogen and oxygen atoms in total. The van der Waals surface area contributed by atoms with E-state index in [1.165, 1.54) is 43.2 Å². The molecule has 0 aliphatic heterocycles. The molecular formula is C19H22O. The summed E-state index contributed by atoms with van der Waals surface area (Å²) in [6, 6.07) is 19.2. The zero-order chi connectivity index (χ0) is 13.6. The van der Waals surface area contributed by atoms with Crippen LogP contribution in [0.2, 0.25) is 0 Å². The molecule has 0 radical (unpaired) electrons. The third-order valence-electron chi connectivity index (χ3n) is 4.03. The van der Waals surface area contributed by atoms with Crippen molar-refractivity contribution < 1.29 is 4.74 Å². The Morgan fingerprint density at radius 2 is 1.40 bits per heavy atom.